The zero-order chi connectivity index (χ0) is 18.5. The van der Waals surface area contributed by atoms with Gasteiger partial charge in [-0.15, -0.1) is 5.10 Å². The molecule has 1 spiro atoms. The normalized spacial score (nSPS) is 21.8. The number of nitrogens with one attached hydrogen (secondary N) is 1. The number of hydrazone groups is 1. The summed E-state index contributed by atoms with van der Waals surface area (Å²) in [5, 5.41) is 8.25. The van der Waals surface area contributed by atoms with Crippen molar-refractivity contribution in [3.63, 3.8) is 0 Å². The third kappa shape index (κ3) is 2.52. The fourth-order valence-electron chi connectivity index (χ4n) is 3.19. The lowest BCUT2D eigenvalue weighted by molar-refractivity contribution is -0.139. The molecule has 1 aromatic carbocycles. The van der Waals surface area contributed by atoms with Crippen LogP contribution in [-0.4, -0.2) is 33.9 Å². The van der Waals surface area contributed by atoms with Gasteiger partial charge in [0.2, 0.25) is 16.7 Å². The number of hydrogen-bond donors (Lipinski definition) is 1. The van der Waals surface area contributed by atoms with Crippen molar-refractivity contribution in [1.82, 2.24) is 10.3 Å². The molecule has 0 fully saturated rings. The minimum atomic E-state index is -1.31. The Morgan fingerprint density at radius 1 is 1.28 bits per heavy atom. The van der Waals surface area contributed by atoms with E-state index in [0.29, 0.717) is 0 Å². The number of amides is 3. The molecule has 0 bridgehead atoms. The first-order chi connectivity index (χ1) is 11.7. The van der Waals surface area contributed by atoms with Crippen LogP contribution in [0.15, 0.2) is 23.3 Å². The molecule has 0 aliphatic carbocycles. The van der Waals surface area contributed by atoms with Crippen LogP contribution >= 0.6 is 11.8 Å². The standard InChI is InChI=1S/C17H20N4O3S/c1-9(2)20-14-7-6-10(3)8-13(14)17(15(20)24)21(12(5)23)19-16(25-17)18-11(4)22/h6-9H,1-5H3,(H,18,19,22)/t17-/m1/s1. The van der Waals surface area contributed by atoms with Crippen LogP contribution in [0, 0.1) is 6.92 Å². The van der Waals surface area contributed by atoms with Crippen LogP contribution in [0.5, 0.6) is 0 Å². The van der Waals surface area contributed by atoms with Gasteiger partial charge in [0.25, 0.3) is 5.91 Å². The number of carbonyl (C=O) groups excluding carboxylic acids is 3. The summed E-state index contributed by atoms with van der Waals surface area (Å²) in [5.74, 6) is -0.894. The number of carbonyl (C=O) groups is 3. The second-order valence-electron chi connectivity index (χ2n) is 6.45. The van der Waals surface area contributed by atoms with Crippen molar-refractivity contribution in [2.24, 2.45) is 5.10 Å². The first-order valence-electron chi connectivity index (χ1n) is 7.99. The second-order valence-corrected chi connectivity index (χ2v) is 7.63. The van der Waals surface area contributed by atoms with Crippen LogP contribution < -0.4 is 10.2 Å². The number of anilines is 1. The van der Waals surface area contributed by atoms with E-state index in [-0.39, 0.29) is 28.9 Å². The molecule has 0 aromatic heterocycles. The summed E-state index contributed by atoms with van der Waals surface area (Å²) in [5.41, 5.74) is 2.47. The van der Waals surface area contributed by atoms with Gasteiger partial charge in [0.1, 0.15) is 0 Å². The highest BCUT2D eigenvalue weighted by Crippen LogP contribution is 2.55. The molecule has 1 atom stereocenters. The smallest absolute Gasteiger partial charge is 0.271 e. The Labute approximate surface area is 150 Å². The average molecular weight is 360 g/mol. The largest absolute Gasteiger partial charge is 0.306 e. The maximum Gasteiger partial charge on any atom is 0.271 e. The topological polar surface area (TPSA) is 82.1 Å². The van der Waals surface area contributed by atoms with E-state index in [0.717, 1.165) is 28.6 Å². The van der Waals surface area contributed by atoms with E-state index in [4.69, 9.17) is 0 Å². The van der Waals surface area contributed by atoms with Gasteiger partial charge in [-0.25, -0.2) is 0 Å². The van der Waals surface area contributed by atoms with Crippen LogP contribution in [0.4, 0.5) is 5.69 Å². The number of nitrogens with zero attached hydrogens (tertiary/aromatic N) is 3. The molecule has 3 rings (SSSR count). The SMILES string of the molecule is CC(=O)NC1=NN(C(C)=O)[C@]2(S1)C(=O)N(C(C)C)c1ccc(C)cc12. The van der Waals surface area contributed by atoms with Crippen LogP contribution in [-0.2, 0) is 19.3 Å². The monoisotopic (exact) mass is 360 g/mol. The Kier molecular flexibility index (Phi) is 4.10. The summed E-state index contributed by atoms with van der Waals surface area (Å²) in [6, 6.07) is 5.66. The van der Waals surface area contributed by atoms with Crippen molar-refractivity contribution < 1.29 is 14.4 Å². The second kappa shape index (κ2) is 5.87. The molecule has 0 radical (unpaired) electrons. The number of aryl methyl sites for hydroxylation is 1. The fraction of sp³-hybridized carbons (Fsp3) is 0.412. The van der Waals surface area contributed by atoms with Crippen LogP contribution in [0.1, 0.15) is 38.8 Å². The maximum absolute atomic E-state index is 13.4. The van der Waals surface area contributed by atoms with E-state index < -0.39 is 4.87 Å². The van der Waals surface area contributed by atoms with Gasteiger partial charge in [0.05, 0.1) is 5.69 Å². The lowest BCUT2D eigenvalue weighted by atomic mass is 10.0. The Morgan fingerprint density at radius 2 is 1.96 bits per heavy atom. The van der Waals surface area contributed by atoms with Crippen molar-refractivity contribution in [2.75, 3.05) is 4.90 Å². The highest BCUT2D eigenvalue weighted by Gasteiger charge is 2.61. The van der Waals surface area contributed by atoms with E-state index in [2.05, 4.69) is 10.4 Å². The molecular formula is C17H20N4O3S. The third-order valence-corrected chi connectivity index (χ3v) is 5.36. The molecule has 0 unspecified atom stereocenters. The Hall–Kier alpha value is -2.35. The van der Waals surface area contributed by atoms with Gasteiger partial charge in [0, 0.05) is 25.5 Å². The maximum atomic E-state index is 13.4. The van der Waals surface area contributed by atoms with E-state index in [9.17, 15) is 14.4 Å². The quantitative estimate of drug-likeness (QED) is 0.829. The fourth-order valence-corrected chi connectivity index (χ4v) is 4.51. The number of amidine groups is 1. The average Bonchev–Trinajstić information content (AvgIpc) is 2.98. The molecule has 8 heteroatoms. The summed E-state index contributed by atoms with van der Waals surface area (Å²) in [4.78, 5) is 37.5. The summed E-state index contributed by atoms with van der Waals surface area (Å²) >= 11 is 1.10. The van der Waals surface area contributed by atoms with Crippen LogP contribution in [0.25, 0.3) is 0 Å². The number of thioether (sulfide) groups is 1. The summed E-state index contributed by atoms with van der Waals surface area (Å²) < 4.78 is 0. The zero-order valence-electron chi connectivity index (χ0n) is 14.8. The highest BCUT2D eigenvalue weighted by molar-refractivity contribution is 8.15. The number of hydrogen-bond acceptors (Lipinski definition) is 5. The minimum Gasteiger partial charge on any atom is -0.306 e. The summed E-state index contributed by atoms with van der Waals surface area (Å²) in [6.07, 6.45) is 0. The molecule has 7 nitrogen and oxygen atoms in total. The highest BCUT2D eigenvalue weighted by atomic mass is 32.2. The Balaban J connectivity index is 2.21. The molecule has 0 saturated heterocycles. The molecule has 2 aliphatic heterocycles. The van der Waals surface area contributed by atoms with Gasteiger partial charge >= 0.3 is 0 Å². The molecule has 2 heterocycles. The number of fused-ring (bicyclic) bond motifs is 2. The van der Waals surface area contributed by atoms with Crippen molar-refractivity contribution in [2.45, 2.75) is 45.5 Å². The van der Waals surface area contributed by atoms with E-state index in [1.807, 2.05) is 39.0 Å². The van der Waals surface area contributed by atoms with Crippen LogP contribution in [0.2, 0.25) is 0 Å². The van der Waals surface area contributed by atoms with E-state index in [1.165, 1.54) is 18.9 Å². The van der Waals surface area contributed by atoms with Gasteiger partial charge in [-0.2, -0.15) is 5.01 Å². The molecule has 1 aromatic rings. The number of benzene rings is 1. The molecule has 1 N–H and O–H groups in total. The lowest BCUT2D eigenvalue weighted by Gasteiger charge is -2.30. The zero-order valence-corrected chi connectivity index (χ0v) is 15.6. The molecule has 25 heavy (non-hydrogen) atoms. The minimum absolute atomic E-state index is 0.0763. The van der Waals surface area contributed by atoms with Gasteiger partial charge in [-0.05, 0) is 38.6 Å². The molecule has 0 saturated carbocycles. The van der Waals surface area contributed by atoms with Gasteiger partial charge in [0.15, 0.2) is 5.17 Å². The van der Waals surface area contributed by atoms with E-state index >= 15 is 0 Å². The van der Waals surface area contributed by atoms with Gasteiger partial charge in [-0.3, -0.25) is 14.4 Å². The van der Waals surface area contributed by atoms with Crippen molar-refractivity contribution >= 4 is 40.3 Å². The van der Waals surface area contributed by atoms with Gasteiger partial charge < -0.3 is 10.2 Å². The molecule has 2 aliphatic rings. The summed E-state index contributed by atoms with van der Waals surface area (Å²) in [7, 11) is 0. The Bertz CT molecular complexity index is 820. The van der Waals surface area contributed by atoms with Gasteiger partial charge in [-0.1, -0.05) is 17.7 Å². The first-order valence-corrected chi connectivity index (χ1v) is 8.81. The Morgan fingerprint density at radius 3 is 2.52 bits per heavy atom. The first kappa shape index (κ1) is 17.5. The molecule has 132 valence electrons. The third-order valence-electron chi connectivity index (χ3n) is 4.12. The number of rotatable bonds is 1. The van der Waals surface area contributed by atoms with Crippen molar-refractivity contribution in [3.05, 3.63) is 29.3 Å². The molecular weight excluding hydrogens is 340 g/mol. The predicted octanol–water partition coefficient (Wildman–Crippen LogP) is 1.91. The van der Waals surface area contributed by atoms with Crippen molar-refractivity contribution in [1.29, 1.82) is 0 Å². The summed E-state index contributed by atoms with van der Waals surface area (Å²) in [6.45, 7) is 8.51. The molecule has 3 amide bonds. The lowest BCUT2D eigenvalue weighted by Crippen LogP contribution is -2.50. The van der Waals surface area contributed by atoms with Crippen molar-refractivity contribution in [3.8, 4) is 0 Å². The predicted molar refractivity (Wildman–Crippen MR) is 96.8 cm³/mol. The van der Waals surface area contributed by atoms with Crippen LogP contribution in [0.3, 0.4) is 0 Å². The van der Waals surface area contributed by atoms with E-state index in [1.54, 1.807) is 4.90 Å².